The van der Waals surface area contributed by atoms with E-state index in [0.29, 0.717) is 0 Å². The van der Waals surface area contributed by atoms with Crippen LogP contribution >= 0.6 is 39.9 Å². The molecule has 134 valence electrons. The number of guanidine groups is 1. The molecule has 0 atom stereocenters. The highest BCUT2D eigenvalue weighted by atomic mass is 127. The summed E-state index contributed by atoms with van der Waals surface area (Å²) < 4.78 is 8.29. The SMILES string of the molecule is CN=C(NCCN(C)CCOC)N(C)Cc1cc(Br)cn1C.I. The number of halogens is 2. The van der Waals surface area contributed by atoms with Crippen molar-refractivity contribution in [3.05, 3.63) is 22.4 Å². The Kier molecular flexibility index (Phi) is 11.9. The van der Waals surface area contributed by atoms with E-state index in [0.717, 1.165) is 43.2 Å². The summed E-state index contributed by atoms with van der Waals surface area (Å²) in [5, 5.41) is 3.40. The molecule has 0 spiro atoms. The van der Waals surface area contributed by atoms with Crippen LogP contribution in [0.15, 0.2) is 21.7 Å². The minimum atomic E-state index is 0. The van der Waals surface area contributed by atoms with Crippen molar-refractivity contribution in [2.24, 2.45) is 12.0 Å². The Morgan fingerprint density at radius 3 is 2.61 bits per heavy atom. The maximum Gasteiger partial charge on any atom is 0.193 e. The van der Waals surface area contributed by atoms with E-state index in [4.69, 9.17) is 4.74 Å². The van der Waals surface area contributed by atoms with Gasteiger partial charge in [0, 0.05) is 64.3 Å². The predicted octanol–water partition coefficient (Wildman–Crippen LogP) is 1.99. The zero-order chi connectivity index (χ0) is 16.5. The normalized spacial score (nSPS) is 11.5. The van der Waals surface area contributed by atoms with E-state index in [1.54, 1.807) is 7.11 Å². The van der Waals surface area contributed by atoms with Crippen molar-refractivity contribution < 1.29 is 4.74 Å². The molecule has 1 aromatic heterocycles. The van der Waals surface area contributed by atoms with E-state index in [9.17, 15) is 0 Å². The highest BCUT2D eigenvalue weighted by Crippen LogP contribution is 2.14. The van der Waals surface area contributed by atoms with Crippen molar-refractivity contribution in [1.82, 2.24) is 19.7 Å². The average molecular weight is 502 g/mol. The van der Waals surface area contributed by atoms with Crippen molar-refractivity contribution in [3.8, 4) is 0 Å². The molecule has 0 saturated carbocycles. The van der Waals surface area contributed by atoms with Gasteiger partial charge in [0.1, 0.15) is 0 Å². The van der Waals surface area contributed by atoms with Crippen LogP contribution in [0.2, 0.25) is 0 Å². The minimum Gasteiger partial charge on any atom is -0.383 e. The Hall–Kier alpha value is -0.320. The fourth-order valence-electron chi connectivity index (χ4n) is 2.14. The number of nitrogens with one attached hydrogen (secondary N) is 1. The van der Waals surface area contributed by atoms with Crippen LogP contribution < -0.4 is 5.32 Å². The molecule has 1 heterocycles. The highest BCUT2D eigenvalue weighted by molar-refractivity contribution is 14.0. The summed E-state index contributed by atoms with van der Waals surface area (Å²) in [4.78, 5) is 8.70. The number of aliphatic imine (C=N–C) groups is 1. The Balaban J connectivity index is 0.00000484. The number of aromatic nitrogens is 1. The zero-order valence-electron chi connectivity index (χ0n) is 14.7. The predicted molar refractivity (Wildman–Crippen MR) is 111 cm³/mol. The summed E-state index contributed by atoms with van der Waals surface area (Å²) in [5.41, 5.74) is 1.23. The lowest BCUT2D eigenvalue weighted by Gasteiger charge is -2.23. The van der Waals surface area contributed by atoms with E-state index in [-0.39, 0.29) is 24.0 Å². The second-order valence-electron chi connectivity index (χ2n) is 5.39. The first kappa shape index (κ1) is 22.7. The number of hydrogen-bond donors (Lipinski definition) is 1. The molecule has 0 bridgehead atoms. The quantitative estimate of drug-likeness (QED) is 0.336. The van der Waals surface area contributed by atoms with E-state index in [1.165, 1.54) is 5.69 Å². The molecule has 0 aliphatic rings. The van der Waals surface area contributed by atoms with Gasteiger partial charge in [0.25, 0.3) is 0 Å². The Bertz CT molecular complexity index is 480. The van der Waals surface area contributed by atoms with E-state index in [1.807, 2.05) is 14.1 Å². The third-order valence-electron chi connectivity index (χ3n) is 3.50. The molecule has 6 nitrogen and oxygen atoms in total. The molecular formula is C15H29BrIN5O. The second-order valence-corrected chi connectivity index (χ2v) is 6.30. The van der Waals surface area contributed by atoms with Crippen LogP contribution in [0.3, 0.4) is 0 Å². The topological polar surface area (TPSA) is 45.0 Å². The number of ether oxygens (including phenoxy) is 1. The van der Waals surface area contributed by atoms with E-state index < -0.39 is 0 Å². The van der Waals surface area contributed by atoms with Crippen molar-refractivity contribution in [2.45, 2.75) is 6.54 Å². The van der Waals surface area contributed by atoms with E-state index in [2.05, 4.69) is 67.0 Å². The smallest absolute Gasteiger partial charge is 0.193 e. The van der Waals surface area contributed by atoms with Crippen molar-refractivity contribution in [2.75, 3.05) is 54.5 Å². The lowest BCUT2D eigenvalue weighted by Crippen LogP contribution is -2.42. The first-order chi connectivity index (χ1) is 10.5. The molecule has 8 heteroatoms. The van der Waals surface area contributed by atoms with Gasteiger partial charge in [0.05, 0.1) is 13.2 Å². The molecule has 1 aromatic rings. The fraction of sp³-hybridized carbons (Fsp3) is 0.667. The first-order valence-corrected chi connectivity index (χ1v) is 8.17. The van der Waals surface area contributed by atoms with Crippen molar-refractivity contribution in [3.63, 3.8) is 0 Å². The fourth-order valence-corrected chi connectivity index (χ4v) is 2.71. The maximum absolute atomic E-state index is 5.08. The number of likely N-dealkylation sites (N-methyl/N-ethyl adjacent to an activating group) is 1. The molecule has 1 N–H and O–H groups in total. The Morgan fingerprint density at radius 2 is 2.09 bits per heavy atom. The van der Waals surface area contributed by atoms with E-state index >= 15 is 0 Å². The number of nitrogens with zero attached hydrogens (tertiary/aromatic N) is 4. The van der Waals surface area contributed by atoms with Crippen LogP contribution in [-0.2, 0) is 18.3 Å². The molecule has 0 radical (unpaired) electrons. The number of hydrogen-bond acceptors (Lipinski definition) is 3. The molecule has 23 heavy (non-hydrogen) atoms. The van der Waals surface area contributed by atoms with Gasteiger partial charge in [-0.25, -0.2) is 0 Å². The summed E-state index contributed by atoms with van der Waals surface area (Å²) >= 11 is 3.50. The lowest BCUT2D eigenvalue weighted by atomic mass is 10.4. The summed E-state index contributed by atoms with van der Waals surface area (Å²) in [6.07, 6.45) is 2.06. The third kappa shape index (κ3) is 8.37. The first-order valence-electron chi connectivity index (χ1n) is 7.38. The molecule has 0 aliphatic heterocycles. The zero-order valence-corrected chi connectivity index (χ0v) is 18.6. The van der Waals surface area contributed by atoms with Gasteiger partial charge in [-0.2, -0.15) is 0 Å². The van der Waals surface area contributed by atoms with Crippen LogP contribution in [0.1, 0.15) is 5.69 Å². The molecule has 0 aromatic carbocycles. The summed E-state index contributed by atoms with van der Waals surface area (Å²) in [6, 6.07) is 2.13. The Morgan fingerprint density at radius 1 is 1.39 bits per heavy atom. The van der Waals surface area contributed by atoms with Crippen LogP contribution in [0, 0.1) is 0 Å². The van der Waals surface area contributed by atoms with Crippen LogP contribution in [0.25, 0.3) is 0 Å². The molecule has 0 amide bonds. The lowest BCUT2D eigenvalue weighted by molar-refractivity contribution is 0.162. The van der Waals surface area contributed by atoms with Crippen LogP contribution in [0.5, 0.6) is 0 Å². The van der Waals surface area contributed by atoms with Gasteiger partial charge in [-0.15, -0.1) is 24.0 Å². The monoisotopic (exact) mass is 501 g/mol. The third-order valence-corrected chi connectivity index (χ3v) is 3.93. The molecule has 0 fully saturated rings. The maximum atomic E-state index is 5.08. The average Bonchev–Trinajstić information content (AvgIpc) is 2.79. The van der Waals surface area contributed by atoms with Gasteiger partial charge in [-0.1, -0.05) is 0 Å². The van der Waals surface area contributed by atoms with Crippen molar-refractivity contribution in [1.29, 1.82) is 0 Å². The summed E-state index contributed by atoms with van der Waals surface area (Å²) in [6.45, 7) is 4.30. The standard InChI is InChI=1S/C15H28BrN5O.HI/c1-17-15(18-6-7-19(2)8-9-22-5)21(4)12-14-10-13(16)11-20(14)3;/h10-11H,6-9,12H2,1-5H3,(H,17,18);1H. The molecule has 1 rings (SSSR count). The molecular weight excluding hydrogens is 473 g/mol. The number of aryl methyl sites for hydroxylation is 1. The van der Waals surface area contributed by atoms with Crippen LogP contribution in [0.4, 0.5) is 0 Å². The number of rotatable bonds is 8. The number of methoxy groups -OCH3 is 1. The molecule has 0 aliphatic carbocycles. The van der Waals surface area contributed by atoms with Crippen LogP contribution in [-0.4, -0.2) is 74.8 Å². The minimum absolute atomic E-state index is 0. The van der Waals surface area contributed by atoms with Gasteiger partial charge in [0.2, 0.25) is 0 Å². The highest BCUT2D eigenvalue weighted by Gasteiger charge is 2.09. The van der Waals surface area contributed by atoms with Crippen molar-refractivity contribution >= 4 is 45.9 Å². The Labute approximate surface area is 165 Å². The van der Waals surface area contributed by atoms with Gasteiger partial charge < -0.3 is 24.4 Å². The molecule has 0 unspecified atom stereocenters. The summed E-state index contributed by atoms with van der Waals surface area (Å²) in [5.74, 6) is 0.900. The van der Waals surface area contributed by atoms with Gasteiger partial charge in [-0.05, 0) is 29.0 Å². The van der Waals surface area contributed by atoms with Gasteiger partial charge in [0.15, 0.2) is 5.96 Å². The van der Waals surface area contributed by atoms with Gasteiger partial charge >= 0.3 is 0 Å². The molecule has 0 saturated heterocycles. The summed E-state index contributed by atoms with van der Waals surface area (Å²) in [7, 11) is 9.73. The largest absolute Gasteiger partial charge is 0.383 e. The van der Waals surface area contributed by atoms with Gasteiger partial charge in [-0.3, -0.25) is 4.99 Å². The second kappa shape index (κ2) is 12.1.